The third-order valence-electron chi connectivity index (χ3n) is 6.83. The van der Waals surface area contributed by atoms with Crippen LogP contribution in [0.2, 0.25) is 5.02 Å². The first-order valence-electron chi connectivity index (χ1n) is 12.2. The molecule has 0 spiro atoms. The summed E-state index contributed by atoms with van der Waals surface area (Å²) in [5.74, 6) is 0.986. The van der Waals surface area contributed by atoms with E-state index in [1.54, 1.807) is 25.4 Å². The minimum atomic E-state index is -0.460. The zero-order chi connectivity index (χ0) is 25.1. The fraction of sp³-hybridized carbons (Fsp3) is 0.423. The van der Waals surface area contributed by atoms with E-state index in [4.69, 9.17) is 21.1 Å². The van der Waals surface area contributed by atoms with Crippen LogP contribution < -0.4 is 14.8 Å². The number of nitrogens with zero attached hydrogens (tertiary/aromatic N) is 4. The highest BCUT2D eigenvalue weighted by atomic mass is 35.5. The van der Waals surface area contributed by atoms with Crippen molar-refractivity contribution in [1.29, 1.82) is 0 Å². The molecule has 2 saturated heterocycles. The normalized spacial score (nSPS) is 20.6. The van der Waals surface area contributed by atoms with Gasteiger partial charge >= 0.3 is 0 Å². The Hall–Kier alpha value is -3.17. The first kappa shape index (κ1) is 24.5. The number of hydrogen-bond acceptors (Lipinski definition) is 7. The van der Waals surface area contributed by atoms with Crippen molar-refractivity contribution < 1.29 is 18.7 Å². The Morgan fingerprint density at radius 2 is 2.08 bits per heavy atom. The van der Waals surface area contributed by atoms with Gasteiger partial charge in [-0.2, -0.15) is 0 Å². The Morgan fingerprint density at radius 1 is 1.19 bits per heavy atom. The van der Waals surface area contributed by atoms with Gasteiger partial charge in [0.2, 0.25) is 5.91 Å². The number of aromatic nitrogens is 2. The van der Waals surface area contributed by atoms with E-state index in [0.29, 0.717) is 24.5 Å². The molecule has 2 fully saturated rings. The van der Waals surface area contributed by atoms with Crippen LogP contribution in [-0.4, -0.2) is 77.7 Å². The molecule has 36 heavy (non-hydrogen) atoms. The van der Waals surface area contributed by atoms with Gasteiger partial charge in [-0.1, -0.05) is 11.6 Å². The molecule has 3 heterocycles. The van der Waals surface area contributed by atoms with Crippen molar-refractivity contribution in [3.8, 4) is 11.5 Å². The van der Waals surface area contributed by atoms with Crippen LogP contribution in [0.1, 0.15) is 19.3 Å². The standard InChI is InChI=1S/C26H29ClFN5O3/c1-35-24-13-21-17(14-29-16-30-21)11-25(24)36-23-6-8-32(9-10-33-7-2-3-26(33)34)15-22(23)31-18-4-5-20(28)19(27)12-18/h4-5,11-14,16,22-23,31H,2-3,6-10,15H2,1H3. The average Bonchev–Trinajstić information content (AvgIpc) is 3.30. The number of amides is 1. The minimum absolute atomic E-state index is 0.0638. The SMILES string of the molecule is COc1cc2ncncc2cc1OC1CCN(CCN2CCCC2=O)CC1Nc1ccc(F)c(Cl)c1. The lowest BCUT2D eigenvalue weighted by Gasteiger charge is -2.40. The van der Waals surface area contributed by atoms with Gasteiger partial charge in [0.1, 0.15) is 18.2 Å². The summed E-state index contributed by atoms with van der Waals surface area (Å²) in [5, 5.41) is 4.42. The number of rotatable bonds is 8. The number of fused-ring (bicyclic) bond motifs is 1. The van der Waals surface area contributed by atoms with Gasteiger partial charge in [0.15, 0.2) is 11.5 Å². The van der Waals surface area contributed by atoms with E-state index in [1.165, 1.54) is 12.4 Å². The highest BCUT2D eigenvalue weighted by Crippen LogP contribution is 2.34. The number of carbonyl (C=O) groups is 1. The van der Waals surface area contributed by atoms with Crippen molar-refractivity contribution in [2.24, 2.45) is 0 Å². The second kappa shape index (κ2) is 10.8. The lowest BCUT2D eigenvalue weighted by atomic mass is 10.0. The lowest BCUT2D eigenvalue weighted by molar-refractivity contribution is -0.127. The molecule has 0 bridgehead atoms. The largest absolute Gasteiger partial charge is 0.493 e. The maximum Gasteiger partial charge on any atom is 0.222 e. The van der Waals surface area contributed by atoms with Gasteiger partial charge in [-0.25, -0.2) is 14.4 Å². The third-order valence-corrected chi connectivity index (χ3v) is 7.12. The highest BCUT2D eigenvalue weighted by molar-refractivity contribution is 6.31. The molecule has 5 rings (SSSR count). The van der Waals surface area contributed by atoms with Crippen LogP contribution in [0.4, 0.5) is 10.1 Å². The number of carbonyl (C=O) groups excluding carboxylic acids is 1. The summed E-state index contributed by atoms with van der Waals surface area (Å²) in [6.07, 6.45) is 5.39. The highest BCUT2D eigenvalue weighted by Gasteiger charge is 2.32. The number of ether oxygens (including phenoxy) is 2. The molecule has 8 nitrogen and oxygen atoms in total. The van der Waals surface area contributed by atoms with Crippen LogP contribution in [0.3, 0.4) is 0 Å². The summed E-state index contributed by atoms with van der Waals surface area (Å²) in [5.41, 5.74) is 1.49. The zero-order valence-corrected chi connectivity index (χ0v) is 20.9. The first-order valence-corrected chi connectivity index (χ1v) is 12.5. The molecule has 1 aromatic heterocycles. The molecule has 2 aliphatic heterocycles. The number of nitrogens with one attached hydrogen (secondary N) is 1. The van der Waals surface area contributed by atoms with Gasteiger partial charge in [0.25, 0.3) is 0 Å². The Morgan fingerprint density at radius 3 is 2.86 bits per heavy atom. The molecule has 2 aliphatic rings. The van der Waals surface area contributed by atoms with Gasteiger partial charge < -0.3 is 19.7 Å². The molecule has 0 radical (unpaired) electrons. The topological polar surface area (TPSA) is 79.8 Å². The van der Waals surface area contributed by atoms with Crippen molar-refractivity contribution in [1.82, 2.24) is 19.8 Å². The number of halogens is 2. The van der Waals surface area contributed by atoms with Gasteiger partial charge in [0, 0.05) is 62.5 Å². The summed E-state index contributed by atoms with van der Waals surface area (Å²) in [6.45, 7) is 3.86. The summed E-state index contributed by atoms with van der Waals surface area (Å²) >= 11 is 6.04. The Balaban J connectivity index is 1.35. The van der Waals surface area contributed by atoms with E-state index < -0.39 is 5.82 Å². The van der Waals surface area contributed by atoms with E-state index in [-0.39, 0.29) is 23.1 Å². The summed E-state index contributed by atoms with van der Waals surface area (Å²) < 4.78 is 25.9. The molecule has 2 unspecified atom stereocenters. The second-order valence-electron chi connectivity index (χ2n) is 9.19. The van der Waals surface area contributed by atoms with Gasteiger partial charge in [-0.3, -0.25) is 9.69 Å². The number of likely N-dealkylation sites (tertiary alicyclic amines) is 2. The molecule has 0 aliphatic carbocycles. The molecule has 1 N–H and O–H groups in total. The lowest BCUT2D eigenvalue weighted by Crippen LogP contribution is -2.53. The van der Waals surface area contributed by atoms with Crippen molar-refractivity contribution in [2.45, 2.75) is 31.4 Å². The van der Waals surface area contributed by atoms with E-state index in [0.717, 1.165) is 55.6 Å². The van der Waals surface area contributed by atoms with E-state index >= 15 is 0 Å². The molecule has 190 valence electrons. The molecule has 3 aromatic rings. The molecule has 10 heteroatoms. The molecular formula is C26H29ClFN5O3. The fourth-order valence-corrected chi connectivity index (χ4v) is 5.07. The van der Waals surface area contributed by atoms with Gasteiger partial charge in [-0.15, -0.1) is 0 Å². The smallest absolute Gasteiger partial charge is 0.222 e. The number of benzene rings is 2. The van der Waals surface area contributed by atoms with Crippen molar-refractivity contribution >= 4 is 34.1 Å². The predicted octanol–water partition coefficient (Wildman–Crippen LogP) is 3.99. The van der Waals surface area contributed by atoms with Crippen LogP contribution >= 0.6 is 11.6 Å². The second-order valence-corrected chi connectivity index (χ2v) is 9.60. The van der Waals surface area contributed by atoms with Crippen LogP contribution in [-0.2, 0) is 4.79 Å². The average molecular weight is 514 g/mol. The molecule has 2 atom stereocenters. The van der Waals surface area contributed by atoms with Crippen molar-refractivity contribution in [2.75, 3.05) is 45.2 Å². The van der Waals surface area contributed by atoms with E-state index in [9.17, 15) is 9.18 Å². The van der Waals surface area contributed by atoms with Crippen molar-refractivity contribution in [3.05, 3.63) is 53.7 Å². The van der Waals surface area contributed by atoms with Crippen LogP contribution in [0.5, 0.6) is 11.5 Å². The minimum Gasteiger partial charge on any atom is -0.493 e. The van der Waals surface area contributed by atoms with Crippen LogP contribution in [0, 0.1) is 5.82 Å². The van der Waals surface area contributed by atoms with E-state index in [1.807, 2.05) is 17.0 Å². The first-order chi connectivity index (χ1) is 17.5. The monoisotopic (exact) mass is 513 g/mol. The van der Waals surface area contributed by atoms with Crippen LogP contribution in [0.15, 0.2) is 42.9 Å². The zero-order valence-electron chi connectivity index (χ0n) is 20.1. The predicted molar refractivity (Wildman–Crippen MR) is 136 cm³/mol. The quantitative estimate of drug-likeness (QED) is 0.488. The maximum absolute atomic E-state index is 13.7. The Bertz CT molecular complexity index is 1250. The maximum atomic E-state index is 13.7. The molecule has 0 saturated carbocycles. The molecule has 1 amide bonds. The molecular weight excluding hydrogens is 485 g/mol. The number of anilines is 1. The summed E-state index contributed by atoms with van der Waals surface area (Å²) in [6, 6.07) is 8.24. The molecule has 2 aromatic carbocycles. The number of hydrogen-bond donors (Lipinski definition) is 1. The fourth-order valence-electron chi connectivity index (χ4n) is 4.89. The van der Waals surface area contributed by atoms with Gasteiger partial charge in [-0.05, 0) is 37.1 Å². The van der Waals surface area contributed by atoms with Crippen LogP contribution in [0.25, 0.3) is 10.9 Å². The summed E-state index contributed by atoms with van der Waals surface area (Å²) in [4.78, 5) is 24.7. The van der Waals surface area contributed by atoms with E-state index in [2.05, 4.69) is 20.2 Å². The van der Waals surface area contributed by atoms with Gasteiger partial charge in [0.05, 0.1) is 23.7 Å². The number of piperidine rings is 1. The number of methoxy groups -OCH3 is 1. The van der Waals surface area contributed by atoms with Crippen molar-refractivity contribution in [3.63, 3.8) is 0 Å². The summed E-state index contributed by atoms with van der Waals surface area (Å²) in [7, 11) is 1.60. The Kier molecular flexibility index (Phi) is 7.38. The third kappa shape index (κ3) is 5.47. The Labute approximate surface area is 214 Å².